The van der Waals surface area contributed by atoms with Crippen molar-refractivity contribution in [2.75, 3.05) is 0 Å². The maximum Gasteiger partial charge on any atom is 0.494 e. The van der Waals surface area contributed by atoms with E-state index in [-0.39, 0.29) is 6.54 Å². The van der Waals surface area contributed by atoms with Crippen molar-refractivity contribution < 1.29 is 22.5 Å². The molecule has 1 saturated heterocycles. The summed E-state index contributed by atoms with van der Waals surface area (Å²) in [4.78, 5) is 12.0. The molecule has 0 aliphatic carbocycles. The summed E-state index contributed by atoms with van der Waals surface area (Å²) in [5.41, 5.74) is -0.903. The van der Waals surface area contributed by atoms with Gasteiger partial charge in [0.2, 0.25) is 0 Å². The van der Waals surface area contributed by atoms with Crippen LogP contribution in [0.2, 0.25) is 0 Å². The van der Waals surface area contributed by atoms with Crippen molar-refractivity contribution >= 4 is 12.6 Å². The third-order valence-corrected chi connectivity index (χ3v) is 5.14. The lowest BCUT2D eigenvalue weighted by molar-refractivity contribution is -0.138. The normalized spacial score (nSPS) is 18.7. The number of nitrogens with zero attached hydrogens (tertiary/aromatic N) is 1. The van der Waals surface area contributed by atoms with Gasteiger partial charge in [-0.2, -0.15) is 13.2 Å². The zero-order valence-electron chi connectivity index (χ0n) is 15.6. The van der Waals surface area contributed by atoms with Crippen LogP contribution in [0.25, 0.3) is 0 Å². The minimum absolute atomic E-state index is 0.0239. The Morgan fingerprint density at radius 3 is 2.26 bits per heavy atom. The van der Waals surface area contributed by atoms with E-state index >= 15 is 0 Å². The first-order valence-electron chi connectivity index (χ1n) is 8.61. The fourth-order valence-corrected chi connectivity index (χ4v) is 2.84. The van der Waals surface area contributed by atoms with Gasteiger partial charge in [0.15, 0.2) is 0 Å². The zero-order chi connectivity index (χ0) is 20.0. The highest BCUT2D eigenvalue weighted by molar-refractivity contribution is 6.62. The van der Waals surface area contributed by atoms with E-state index in [9.17, 15) is 18.0 Å². The topological polar surface area (TPSA) is 40.5 Å². The van der Waals surface area contributed by atoms with Crippen LogP contribution in [0.15, 0.2) is 47.4 Å². The van der Waals surface area contributed by atoms with Gasteiger partial charge in [-0.15, -0.1) is 0 Å². The average Bonchev–Trinajstić information content (AvgIpc) is 2.77. The summed E-state index contributed by atoms with van der Waals surface area (Å²) in [5.74, 6) is 0. The highest BCUT2D eigenvalue weighted by Gasteiger charge is 2.51. The van der Waals surface area contributed by atoms with Gasteiger partial charge in [0.1, 0.15) is 0 Å². The van der Waals surface area contributed by atoms with Crippen molar-refractivity contribution in [1.29, 1.82) is 0 Å². The van der Waals surface area contributed by atoms with E-state index in [4.69, 9.17) is 9.31 Å². The molecule has 0 N–H and O–H groups in total. The van der Waals surface area contributed by atoms with E-state index in [1.165, 1.54) is 0 Å². The predicted octanol–water partition coefficient (Wildman–Crippen LogP) is 3.21. The number of aromatic nitrogens is 1. The summed E-state index contributed by atoms with van der Waals surface area (Å²) in [6.07, 6.45) is -3.66. The average molecular weight is 379 g/mol. The molecule has 0 spiro atoms. The van der Waals surface area contributed by atoms with E-state index in [0.29, 0.717) is 5.56 Å². The number of pyridine rings is 1. The van der Waals surface area contributed by atoms with Gasteiger partial charge in [0.05, 0.1) is 23.3 Å². The maximum absolute atomic E-state index is 12.9. The molecule has 0 saturated carbocycles. The van der Waals surface area contributed by atoms with Crippen LogP contribution >= 0.6 is 0 Å². The lowest BCUT2D eigenvalue weighted by Crippen LogP contribution is -2.41. The van der Waals surface area contributed by atoms with Gasteiger partial charge in [-0.05, 0) is 44.8 Å². The van der Waals surface area contributed by atoms with Crippen LogP contribution in [0.5, 0.6) is 0 Å². The third-order valence-electron chi connectivity index (χ3n) is 5.14. The SMILES string of the molecule is CC1(C)OB(c2cccc(Cn3cc(C(F)(F)F)ccc3=O)c2)OC1(C)C. The van der Waals surface area contributed by atoms with Gasteiger partial charge in [-0.3, -0.25) is 4.79 Å². The number of alkyl halides is 3. The molecule has 1 fully saturated rings. The summed E-state index contributed by atoms with van der Waals surface area (Å²) in [7, 11) is -0.576. The first kappa shape index (κ1) is 19.7. The minimum atomic E-state index is -4.50. The van der Waals surface area contributed by atoms with Crippen LogP contribution in [-0.2, 0) is 22.0 Å². The molecular formula is C19H21BF3NO3. The second-order valence-electron chi connectivity index (χ2n) is 7.71. The Morgan fingerprint density at radius 2 is 1.67 bits per heavy atom. The fraction of sp³-hybridized carbons (Fsp3) is 0.421. The van der Waals surface area contributed by atoms with Crippen LogP contribution < -0.4 is 11.0 Å². The summed E-state index contributed by atoms with van der Waals surface area (Å²) in [5, 5.41) is 0. The molecule has 4 nitrogen and oxygen atoms in total. The summed E-state index contributed by atoms with van der Waals surface area (Å²) in [6.45, 7) is 7.80. The molecule has 0 radical (unpaired) electrons. The molecule has 1 aliphatic heterocycles. The van der Waals surface area contributed by atoms with E-state index in [1.807, 2.05) is 33.8 Å². The molecule has 2 heterocycles. The lowest BCUT2D eigenvalue weighted by atomic mass is 9.78. The second kappa shape index (κ2) is 6.53. The summed E-state index contributed by atoms with van der Waals surface area (Å²) in [6, 6.07) is 8.87. The monoisotopic (exact) mass is 379 g/mol. The molecule has 1 aromatic heterocycles. The number of hydrogen-bond donors (Lipinski definition) is 0. The molecule has 8 heteroatoms. The van der Waals surface area contributed by atoms with Crippen LogP contribution in [0.4, 0.5) is 13.2 Å². The number of rotatable bonds is 3. The Bertz CT molecular complexity index is 890. The molecule has 27 heavy (non-hydrogen) atoms. The Balaban J connectivity index is 1.87. The molecule has 2 aromatic rings. The second-order valence-corrected chi connectivity index (χ2v) is 7.71. The first-order chi connectivity index (χ1) is 12.4. The van der Waals surface area contributed by atoms with E-state index < -0.39 is 35.6 Å². The number of hydrogen-bond acceptors (Lipinski definition) is 3. The van der Waals surface area contributed by atoms with Gasteiger partial charge >= 0.3 is 13.3 Å². The molecule has 1 aromatic carbocycles. The summed E-state index contributed by atoms with van der Waals surface area (Å²) < 4.78 is 51.8. The van der Waals surface area contributed by atoms with Crippen molar-refractivity contribution in [3.05, 3.63) is 64.1 Å². The standard InChI is InChI=1S/C19H21BF3NO3/c1-17(2)18(3,4)27-20(26-17)15-7-5-6-13(10-15)11-24-12-14(19(21,22)23)8-9-16(24)25/h5-10,12H,11H2,1-4H3. The first-order valence-corrected chi connectivity index (χ1v) is 8.61. The quantitative estimate of drug-likeness (QED) is 0.770. The van der Waals surface area contributed by atoms with E-state index in [0.717, 1.165) is 28.4 Å². The Hall–Kier alpha value is -2.06. The largest absolute Gasteiger partial charge is 0.494 e. The smallest absolute Gasteiger partial charge is 0.399 e. The molecule has 0 unspecified atom stereocenters. The van der Waals surface area contributed by atoms with Crippen LogP contribution in [0.3, 0.4) is 0 Å². The number of halogens is 3. The van der Waals surface area contributed by atoms with Gasteiger partial charge < -0.3 is 13.9 Å². The highest BCUT2D eigenvalue weighted by Crippen LogP contribution is 2.36. The van der Waals surface area contributed by atoms with Gasteiger partial charge in [-0.25, -0.2) is 0 Å². The van der Waals surface area contributed by atoms with E-state index in [1.54, 1.807) is 18.2 Å². The summed E-state index contributed by atoms with van der Waals surface area (Å²) >= 11 is 0. The van der Waals surface area contributed by atoms with Crippen molar-refractivity contribution in [3.63, 3.8) is 0 Å². The predicted molar refractivity (Wildman–Crippen MR) is 97.0 cm³/mol. The van der Waals surface area contributed by atoms with Gasteiger partial charge in [0.25, 0.3) is 5.56 Å². The molecule has 144 valence electrons. The molecule has 0 amide bonds. The zero-order valence-corrected chi connectivity index (χ0v) is 15.6. The van der Waals surface area contributed by atoms with Gasteiger partial charge in [0, 0.05) is 12.3 Å². The van der Waals surface area contributed by atoms with Crippen LogP contribution in [-0.4, -0.2) is 22.9 Å². The van der Waals surface area contributed by atoms with Crippen LogP contribution in [0, 0.1) is 0 Å². The maximum atomic E-state index is 12.9. The molecule has 1 aliphatic rings. The molecule has 0 bridgehead atoms. The van der Waals surface area contributed by atoms with Crippen molar-refractivity contribution in [2.24, 2.45) is 0 Å². The van der Waals surface area contributed by atoms with E-state index in [2.05, 4.69) is 0 Å². The molecule has 3 rings (SSSR count). The Labute approximate surface area is 156 Å². The lowest BCUT2D eigenvalue weighted by Gasteiger charge is -2.32. The van der Waals surface area contributed by atoms with Crippen molar-refractivity contribution in [3.8, 4) is 0 Å². The number of benzene rings is 1. The van der Waals surface area contributed by atoms with Crippen molar-refractivity contribution in [1.82, 2.24) is 4.57 Å². The fourth-order valence-electron chi connectivity index (χ4n) is 2.84. The van der Waals surface area contributed by atoms with Gasteiger partial charge in [-0.1, -0.05) is 24.3 Å². The third kappa shape index (κ3) is 3.96. The highest BCUT2D eigenvalue weighted by atomic mass is 19.4. The minimum Gasteiger partial charge on any atom is -0.399 e. The van der Waals surface area contributed by atoms with Crippen molar-refractivity contribution in [2.45, 2.75) is 51.6 Å². The Kier molecular flexibility index (Phi) is 4.76. The Morgan fingerprint density at radius 1 is 1.04 bits per heavy atom. The van der Waals surface area contributed by atoms with Crippen LogP contribution in [0.1, 0.15) is 38.8 Å². The molecular weight excluding hydrogens is 358 g/mol. The molecule has 0 atom stereocenters.